The lowest BCUT2D eigenvalue weighted by Crippen LogP contribution is -2.03. The first-order chi connectivity index (χ1) is 6.71. The maximum atomic E-state index is 10.0. The van der Waals surface area contributed by atoms with E-state index in [0.717, 1.165) is 34.9 Å². The molecule has 2 aromatic rings. The van der Waals surface area contributed by atoms with Crippen LogP contribution in [0, 0.1) is 6.92 Å². The van der Waals surface area contributed by atoms with Crippen LogP contribution < -0.4 is 0 Å². The van der Waals surface area contributed by atoms with E-state index in [-0.39, 0.29) is 0 Å². The van der Waals surface area contributed by atoms with Crippen LogP contribution in [-0.4, -0.2) is 5.11 Å². The highest BCUT2D eigenvalue weighted by Crippen LogP contribution is 2.48. The van der Waals surface area contributed by atoms with Crippen molar-refractivity contribution in [3.63, 3.8) is 0 Å². The molecule has 1 aliphatic rings. The molecule has 1 heterocycles. The van der Waals surface area contributed by atoms with Crippen molar-refractivity contribution < 1.29 is 9.52 Å². The molecule has 0 spiro atoms. The molecule has 1 saturated carbocycles. The maximum absolute atomic E-state index is 10.0. The number of aliphatic hydroxyl groups is 1. The van der Waals surface area contributed by atoms with Gasteiger partial charge in [-0.1, -0.05) is 18.2 Å². The number of furan rings is 1. The predicted octanol–water partition coefficient (Wildman–Crippen LogP) is 2.72. The van der Waals surface area contributed by atoms with Gasteiger partial charge in [0, 0.05) is 10.9 Å². The van der Waals surface area contributed by atoms with Crippen LogP contribution in [0.4, 0.5) is 0 Å². The minimum Gasteiger partial charge on any atom is -0.464 e. The molecule has 0 atom stereocenters. The Bertz CT molecular complexity index is 492. The summed E-state index contributed by atoms with van der Waals surface area (Å²) in [4.78, 5) is 0. The van der Waals surface area contributed by atoms with Crippen molar-refractivity contribution >= 4 is 11.0 Å². The second-order valence-electron chi connectivity index (χ2n) is 4.13. The zero-order chi connectivity index (χ0) is 9.76. The third-order valence-corrected chi connectivity index (χ3v) is 3.02. The Morgan fingerprint density at radius 2 is 2.14 bits per heavy atom. The summed E-state index contributed by atoms with van der Waals surface area (Å²) in [5, 5.41) is 11.2. The van der Waals surface area contributed by atoms with E-state index in [2.05, 4.69) is 0 Å². The average molecular weight is 188 g/mol. The van der Waals surface area contributed by atoms with Gasteiger partial charge in [-0.05, 0) is 25.3 Å². The summed E-state index contributed by atoms with van der Waals surface area (Å²) in [5.74, 6) is 0. The Hall–Kier alpha value is -1.28. The Balaban J connectivity index is 2.34. The monoisotopic (exact) mass is 188 g/mol. The van der Waals surface area contributed by atoms with E-state index >= 15 is 0 Å². The molecule has 0 saturated heterocycles. The molecule has 1 N–H and O–H groups in total. The molecule has 3 rings (SSSR count). The summed E-state index contributed by atoms with van der Waals surface area (Å²) in [6.45, 7) is 2.02. The number of para-hydroxylation sites is 1. The topological polar surface area (TPSA) is 33.4 Å². The highest BCUT2D eigenvalue weighted by molar-refractivity contribution is 5.84. The molecule has 1 aliphatic carbocycles. The summed E-state index contributed by atoms with van der Waals surface area (Å²) in [6, 6.07) is 5.97. The molecule has 0 aliphatic heterocycles. The highest BCUT2D eigenvalue weighted by Gasteiger charge is 2.44. The largest absolute Gasteiger partial charge is 0.464 e. The van der Waals surface area contributed by atoms with Crippen LogP contribution in [0.1, 0.15) is 24.0 Å². The van der Waals surface area contributed by atoms with E-state index in [1.54, 1.807) is 6.26 Å². The molecule has 2 heteroatoms. The van der Waals surface area contributed by atoms with Gasteiger partial charge in [0.05, 0.1) is 11.9 Å². The van der Waals surface area contributed by atoms with Gasteiger partial charge in [-0.3, -0.25) is 0 Å². The van der Waals surface area contributed by atoms with Crippen molar-refractivity contribution in [2.75, 3.05) is 0 Å². The van der Waals surface area contributed by atoms with Gasteiger partial charge < -0.3 is 9.52 Å². The quantitative estimate of drug-likeness (QED) is 0.746. The Morgan fingerprint density at radius 1 is 1.36 bits per heavy atom. The van der Waals surface area contributed by atoms with Gasteiger partial charge in [0.1, 0.15) is 5.58 Å². The third kappa shape index (κ3) is 0.946. The Kier molecular flexibility index (Phi) is 1.38. The van der Waals surface area contributed by atoms with Crippen LogP contribution >= 0.6 is 0 Å². The highest BCUT2D eigenvalue weighted by atomic mass is 16.3. The van der Waals surface area contributed by atoms with Crippen LogP contribution in [0.2, 0.25) is 0 Å². The fraction of sp³-hybridized carbons (Fsp3) is 0.333. The second kappa shape index (κ2) is 2.39. The van der Waals surface area contributed by atoms with Crippen molar-refractivity contribution in [2.45, 2.75) is 25.4 Å². The van der Waals surface area contributed by atoms with Crippen LogP contribution in [0.15, 0.2) is 28.9 Å². The molecule has 1 aromatic heterocycles. The van der Waals surface area contributed by atoms with Gasteiger partial charge in [0.15, 0.2) is 0 Å². The molecule has 0 amide bonds. The summed E-state index contributed by atoms with van der Waals surface area (Å²) in [5.41, 5.74) is 2.32. The van der Waals surface area contributed by atoms with Gasteiger partial charge in [-0.15, -0.1) is 0 Å². The van der Waals surface area contributed by atoms with Gasteiger partial charge in [-0.2, -0.15) is 0 Å². The smallest absolute Gasteiger partial charge is 0.140 e. The van der Waals surface area contributed by atoms with E-state index in [4.69, 9.17) is 4.42 Å². The Morgan fingerprint density at radius 3 is 2.86 bits per heavy atom. The zero-order valence-electron chi connectivity index (χ0n) is 8.08. The molecular weight excluding hydrogens is 176 g/mol. The lowest BCUT2D eigenvalue weighted by Gasteiger charge is -2.07. The first kappa shape index (κ1) is 8.06. The number of aryl methyl sites for hydroxylation is 1. The van der Waals surface area contributed by atoms with Crippen molar-refractivity contribution in [1.29, 1.82) is 0 Å². The van der Waals surface area contributed by atoms with Crippen LogP contribution in [-0.2, 0) is 5.60 Å². The van der Waals surface area contributed by atoms with Gasteiger partial charge in [0.25, 0.3) is 0 Å². The third-order valence-electron chi connectivity index (χ3n) is 3.02. The van der Waals surface area contributed by atoms with Gasteiger partial charge >= 0.3 is 0 Å². The van der Waals surface area contributed by atoms with Crippen LogP contribution in [0.5, 0.6) is 0 Å². The lowest BCUT2D eigenvalue weighted by molar-refractivity contribution is 0.152. The molecule has 14 heavy (non-hydrogen) atoms. The standard InChI is InChI=1S/C12H12O2/c1-8-7-14-11-9(8)3-2-4-10(11)12(13)5-6-12/h2-4,7,13H,5-6H2,1H3. The van der Waals surface area contributed by atoms with E-state index in [1.165, 1.54) is 0 Å². The number of benzene rings is 1. The van der Waals surface area contributed by atoms with E-state index in [1.807, 2.05) is 25.1 Å². The van der Waals surface area contributed by atoms with Gasteiger partial charge in [-0.25, -0.2) is 0 Å². The number of rotatable bonds is 1. The zero-order valence-corrected chi connectivity index (χ0v) is 8.08. The lowest BCUT2D eigenvalue weighted by atomic mass is 10.0. The second-order valence-corrected chi connectivity index (χ2v) is 4.13. The molecule has 0 radical (unpaired) electrons. The molecule has 2 nitrogen and oxygen atoms in total. The molecule has 72 valence electrons. The first-order valence-electron chi connectivity index (χ1n) is 4.90. The van der Waals surface area contributed by atoms with Crippen LogP contribution in [0.3, 0.4) is 0 Å². The SMILES string of the molecule is Cc1coc2c(C3(O)CC3)cccc12. The van der Waals surface area contributed by atoms with E-state index in [0.29, 0.717) is 0 Å². The Labute approximate surface area is 82.2 Å². The van der Waals surface area contributed by atoms with E-state index < -0.39 is 5.60 Å². The van der Waals surface area contributed by atoms with E-state index in [9.17, 15) is 5.11 Å². The normalized spacial score (nSPS) is 18.7. The first-order valence-corrected chi connectivity index (χ1v) is 4.90. The summed E-state index contributed by atoms with van der Waals surface area (Å²) in [7, 11) is 0. The van der Waals surface area contributed by atoms with Gasteiger partial charge in [0.2, 0.25) is 0 Å². The average Bonchev–Trinajstić information content (AvgIpc) is 2.83. The van der Waals surface area contributed by atoms with Crippen molar-refractivity contribution in [1.82, 2.24) is 0 Å². The summed E-state index contributed by atoms with van der Waals surface area (Å²) in [6.07, 6.45) is 3.46. The molecule has 0 bridgehead atoms. The molecular formula is C12H12O2. The minimum absolute atomic E-state index is 0.607. The van der Waals surface area contributed by atoms with Crippen LogP contribution in [0.25, 0.3) is 11.0 Å². The molecule has 1 fully saturated rings. The van der Waals surface area contributed by atoms with Crippen molar-refractivity contribution in [2.24, 2.45) is 0 Å². The fourth-order valence-corrected chi connectivity index (χ4v) is 1.94. The molecule has 0 unspecified atom stereocenters. The number of hydrogen-bond acceptors (Lipinski definition) is 2. The summed E-state index contributed by atoms with van der Waals surface area (Å²) < 4.78 is 5.49. The number of hydrogen-bond donors (Lipinski definition) is 1. The fourth-order valence-electron chi connectivity index (χ4n) is 1.94. The summed E-state index contributed by atoms with van der Waals surface area (Å²) >= 11 is 0. The molecule has 1 aromatic carbocycles. The number of fused-ring (bicyclic) bond motifs is 1. The predicted molar refractivity (Wildman–Crippen MR) is 54.1 cm³/mol. The van der Waals surface area contributed by atoms with Crippen molar-refractivity contribution in [3.8, 4) is 0 Å². The van der Waals surface area contributed by atoms with Crippen molar-refractivity contribution in [3.05, 3.63) is 35.6 Å². The maximum Gasteiger partial charge on any atom is 0.140 e. The minimum atomic E-state index is -0.607.